The number of urea groups is 1. The van der Waals surface area contributed by atoms with E-state index in [0.29, 0.717) is 5.56 Å². The Morgan fingerprint density at radius 2 is 1.42 bits per heavy atom. The molecule has 0 heterocycles. The van der Waals surface area contributed by atoms with Crippen LogP contribution in [0.4, 0.5) is 42.5 Å². The average molecular weight is 538 g/mol. The van der Waals surface area contributed by atoms with E-state index < -0.39 is 29.5 Å². The van der Waals surface area contributed by atoms with Crippen molar-refractivity contribution in [3.63, 3.8) is 0 Å². The molecule has 0 unspecified atom stereocenters. The van der Waals surface area contributed by atoms with Crippen molar-refractivity contribution >= 4 is 23.3 Å². The van der Waals surface area contributed by atoms with Gasteiger partial charge in [-0.3, -0.25) is 9.69 Å². The van der Waals surface area contributed by atoms with Crippen LogP contribution in [-0.2, 0) is 18.8 Å². The number of alkyl halides is 6. The molecule has 38 heavy (non-hydrogen) atoms. The second-order valence-corrected chi connectivity index (χ2v) is 8.37. The number of carbonyl (C=O) groups is 2. The van der Waals surface area contributed by atoms with Crippen LogP contribution in [-0.4, -0.2) is 25.0 Å². The van der Waals surface area contributed by atoms with Gasteiger partial charge in [-0.05, 0) is 66.9 Å². The summed E-state index contributed by atoms with van der Waals surface area (Å²) in [6.45, 7) is 1.95. The highest BCUT2D eigenvalue weighted by Gasteiger charge is 2.32. The fraction of sp³-hybridized carbons (Fsp3) is 0.259. The van der Waals surface area contributed by atoms with E-state index in [9.17, 15) is 35.9 Å². The molecule has 11 heteroatoms. The first kappa shape index (κ1) is 28.5. The van der Waals surface area contributed by atoms with Crippen molar-refractivity contribution in [1.29, 1.82) is 0 Å². The second kappa shape index (κ2) is 12.0. The number of anilines is 2. The minimum atomic E-state index is -4.67. The summed E-state index contributed by atoms with van der Waals surface area (Å²) in [5.41, 5.74) is -0.771. The molecule has 0 atom stereocenters. The minimum Gasteiger partial charge on any atom is -0.352 e. The van der Waals surface area contributed by atoms with Crippen molar-refractivity contribution < 1.29 is 35.9 Å². The Balaban J connectivity index is 1.74. The van der Waals surface area contributed by atoms with E-state index in [1.54, 1.807) is 12.1 Å². The van der Waals surface area contributed by atoms with Gasteiger partial charge in [-0.15, -0.1) is 0 Å². The SMILES string of the molecule is CCc1ccc(C(=O)NCCCN(C(=O)Nc2cccc(C(F)(F)F)c2)c2cccc(C(F)(F)F)c2)cc1. The van der Waals surface area contributed by atoms with Crippen LogP contribution in [0.1, 0.15) is 40.4 Å². The number of nitrogens with one attached hydrogen (secondary N) is 2. The first-order valence-corrected chi connectivity index (χ1v) is 11.7. The number of aryl methyl sites for hydroxylation is 1. The smallest absolute Gasteiger partial charge is 0.352 e. The van der Waals surface area contributed by atoms with Gasteiger partial charge < -0.3 is 10.6 Å². The molecule has 0 radical (unpaired) electrons. The maximum atomic E-state index is 13.3. The Morgan fingerprint density at radius 3 is 2.03 bits per heavy atom. The number of hydrogen-bond acceptors (Lipinski definition) is 2. The highest BCUT2D eigenvalue weighted by atomic mass is 19.4. The Bertz CT molecular complexity index is 1260. The molecule has 0 saturated heterocycles. The van der Waals surface area contributed by atoms with Crippen LogP contribution >= 0.6 is 0 Å². The summed E-state index contributed by atoms with van der Waals surface area (Å²) in [5, 5.41) is 5.01. The van der Waals surface area contributed by atoms with Crippen molar-refractivity contribution in [2.75, 3.05) is 23.3 Å². The first-order valence-electron chi connectivity index (χ1n) is 11.7. The van der Waals surface area contributed by atoms with Crippen molar-refractivity contribution in [3.8, 4) is 0 Å². The van der Waals surface area contributed by atoms with Crippen LogP contribution < -0.4 is 15.5 Å². The molecule has 202 valence electrons. The molecular weight excluding hydrogens is 512 g/mol. The predicted molar refractivity (Wildman–Crippen MR) is 132 cm³/mol. The van der Waals surface area contributed by atoms with Gasteiger partial charge in [-0.2, -0.15) is 26.3 Å². The maximum absolute atomic E-state index is 13.3. The van der Waals surface area contributed by atoms with E-state index in [1.807, 2.05) is 19.1 Å². The molecule has 0 aromatic heterocycles. The van der Waals surface area contributed by atoms with Crippen molar-refractivity contribution in [3.05, 3.63) is 95.1 Å². The lowest BCUT2D eigenvalue weighted by Crippen LogP contribution is -2.37. The lowest BCUT2D eigenvalue weighted by Gasteiger charge is -2.24. The number of halogens is 6. The Morgan fingerprint density at radius 1 is 0.816 bits per heavy atom. The van der Waals surface area contributed by atoms with Crippen molar-refractivity contribution in [2.24, 2.45) is 0 Å². The third-order valence-corrected chi connectivity index (χ3v) is 5.64. The molecule has 0 aliphatic carbocycles. The summed E-state index contributed by atoms with van der Waals surface area (Å²) in [6.07, 6.45) is -8.34. The van der Waals surface area contributed by atoms with Gasteiger partial charge >= 0.3 is 18.4 Å². The van der Waals surface area contributed by atoms with Gasteiger partial charge in [0.1, 0.15) is 0 Å². The van der Waals surface area contributed by atoms with E-state index in [0.717, 1.165) is 53.3 Å². The van der Waals surface area contributed by atoms with Gasteiger partial charge in [0.2, 0.25) is 0 Å². The number of nitrogens with zero attached hydrogens (tertiary/aromatic N) is 1. The lowest BCUT2D eigenvalue weighted by molar-refractivity contribution is -0.138. The fourth-order valence-corrected chi connectivity index (χ4v) is 3.60. The molecule has 3 aromatic rings. The van der Waals surface area contributed by atoms with E-state index in [-0.39, 0.29) is 36.8 Å². The van der Waals surface area contributed by atoms with Crippen LogP contribution in [0, 0.1) is 0 Å². The molecule has 0 aliphatic rings. The van der Waals surface area contributed by atoms with E-state index in [2.05, 4.69) is 10.6 Å². The van der Waals surface area contributed by atoms with Gasteiger partial charge in [0.15, 0.2) is 0 Å². The number of benzene rings is 3. The normalized spacial score (nSPS) is 11.7. The highest BCUT2D eigenvalue weighted by Crippen LogP contribution is 2.33. The van der Waals surface area contributed by atoms with E-state index in [1.165, 1.54) is 12.1 Å². The number of hydrogen-bond donors (Lipinski definition) is 2. The third kappa shape index (κ3) is 7.74. The Kier molecular flexibility index (Phi) is 9.03. The zero-order valence-corrected chi connectivity index (χ0v) is 20.3. The monoisotopic (exact) mass is 537 g/mol. The van der Waals surface area contributed by atoms with E-state index in [4.69, 9.17) is 0 Å². The molecule has 3 rings (SSSR count). The quantitative estimate of drug-likeness (QED) is 0.237. The van der Waals surface area contributed by atoms with Crippen LogP contribution in [0.15, 0.2) is 72.8 Å². The first-order chi connectivity index (χ1) is 17.9. The van der Waals surface area contributed by atoms with Crippen LogP contribution in [0.5, 0.6) is 0 Å². The molecule has 3 amide bonds. The lowest BCUT2D eigenvalue weighted by atomic mass is 10.1. The molecule has 0 bridgehead atoms. The maximum Gasteiger partial charge on any atom is 0.416 e. The predicted octanol–water partition coefficient (Wildman–Crippen LogP) is 7.15. The Labute approximate surface area is 215 Å². The second-order valence-electron chi connectivity index (χ2n) is 8.37. The van der Waals surface area contributed by atoms with Crippen LogP contribution in [0.25, 0.3) is 0 Å². The van der Waals surface area contributed by atoms with Crippen molar-refractivity contribution in [1.82, 2.24) is 5.32 Å². The molecule has 0 saturated carbocycles. The molecule has 0 fully saturated rings. The zero-order chi connectivity index (χ0) is 27.9. The molecule has 0 aliphatic heterocycles. The van der Waals surface area contributed by atoms with Gasteiger partial charge in [-0.25, -0.2) is 4.79 Å². The minimum absolute atomic E-state index is 0.0979. The Hall–Kier alpha value is -4.02. The summed E-state index contributed by atoms with van der Waals surface area (Å²) in [4.78, 5) is 26.4. The van der Waals surface area contributed by atoms with Gasteiger partial charge in [0.25, 0.3) is 5.91 Å². The summed E-state index contributed by atoms with van der Waals surface area (Å²) in [6, 6.07) is 14.0. The number of rotatable bonds is 8. The summed E-state index contributed by atoms with van der Waals surface area (Å²) in [5.74, 6) is -0.355. The van der Waals surface area contributed by atoms with Crippen LogP contribution in [0.2, 0.25) is 0 Å². The standard InChI is InChI=1S/C27H25F6N3O2/c1-2-18-10-12-19(13-11-18)24(37)34-14-5-15-36(23-9-4-7-21(17-23)27(31,32)33)25(38)35-22-8-3-6-20(16-22)26(28,29)30/h3-4,6-13,16-17H,2,5,14-15H2,1H3,(H,34,37)(H,35,38). The molecular formula is C27H25F6N3O2. The number of amides is 3. The largest absolute Gasteiger partial charge is 0.416 e. The summed E-state index contributed by atoms with van der Waals surface area (Å²) < 4.78 is 79.0. The fourth-order valence-electron chi connectivity index (χ4n) is 3.60. The molecule has 0 spiro atoms. The third-order valence-electron chi connectivity index (χ3n) is 5.64. The molecule has 3 aromatic carbocycles. The average Bonchev–Trinajstić information content (AvgIpc) is 2.87. The molecule has 5 nitrogen and oxygen atoms in total. The van der Waals surface area contributed by atoms with Crippen molar-refractivity contribution in [2.45, 2.75) is 32.1 Å². The number of carbonyl (C=O) groups excluding carboxylic acids is 2. The topological polar surface area (TPSA) is 61.4 Å². The summed E-state index contributed by atoms with van der Waals surface area (Å²) >= 11 is 0. The summed E-state index contributed by atoms with van der Waals surface area (Å²) in [7, 11) is 0. The zero-order valence-electron chi connectivity index (χ0n) is 20.3. The van der Waals surface area contributed by atoms with Gasteiger partial charge in [0.05, 0.1) is 11.1 Å². The van der Waals surface area contributed by atoms with Gasteiger partial charge in [-0.1, -0.05) is 31.2 Å². The van der Waals surface area contributed by atoms with Crippen LogP contribution in [0.3, 0.4) is 0 Å². The van der Waals surface area contributed by atoms with E-state index >= 15 is 0 Å². The molecule has 2 N–H and O–H groups in total. The van der Waals surface area contributed by atoms with Gasteiger partial charge in [0, 0.05) is 30.0 Å². The highest BCUT2D eigenvalue weighted by molar-refractivity contribution is 6.01.